The molecular formula is C4H8ClO. The van der Waals surface area contributed by atoms with Gasteiger partial charge in [-0.05, 0) is 6.92 Å². The number of hydrogen-bond donors (Lipinski definition) is 0. The summed E-state index contributed by atoms with van der Waals surface area (Å²) in [6, 6.07) is 0. The van der Waals surface area contributed by atoms with Crippen LogP contribution in [0, 0.1) is 6.92 Å². The van der Waals surface area contributed by atoms with Crippen molar-refractivity contribution in [2.45, 2.75) is 6.10 Å². The molecule has 0 saturated heterocycles. The Balaban J connectivity index is 2.75. The molecule has 0 fully saturated rings. The number of rotatable bonds is 2. The first-order chi connectivity index (χ1) is 2.81. The molecule has 2 heteroatoms. The van der Waals surface area contributed by atoms with Gasteiger partial charge in [0.25, 0.3) is 0 Å². The van der Waals surface area contributed by atoms with E-state index >= 15 is 0 Å². The summed E-state index contributed by atoms with van der Waals surface area (Å²) in [5, 5.41) is 0. The molecule has 0 N–H and O–H groups in total. The third-order valence-corrected chi connectivity index (χ3v) is 0.850. The zero-order valence-corrected chi connectivity index (χ0v) is 4.53. The Bertz CT molecular complexity index is 26.7. The highest BCUT2D eigenvalue weighted by Crippen LogP contribution is 1.87. The van der Waals surface area contributed by atoms with E-state index in [0.717, 1.165) is 0 Å². The van der Waals surface area contributed by atoms with Crippen molar-refractivity contribution >= 4 is 11.6 Å². The second-order valence-electron chi connectivity index (χ2n) is 1.01. The minimum Gasteiger partial charge on any atom is -0.380 e. The van der Waals surface area contributed by atoms with Gasteiger partial charge in [-0.1, -0.05) is 0 Å². The van der Waals surface area contributed by atoms with Crippen molar-refractivity contribution in [3.05, 3.63) is 6.92 Å². The van der Waals surface area contributed by atoms with E-state index in [9.17, 15) is 0 Å². The fourth-order valence-corrected chi connectivity index (χ4v) is 0.189. The smallest absolute Gasteiger partial charge is 0.0707 e. The quantitative estimate of drug-likeness (QED) is 0.480. The Morgan fingerprint density at radius 3 is 2.50 bits per heavy atom. The standard InChI is InChI=1S/C4H8ClO/c1-4(3-5)6-2/h4H,1,3H2,2H3. The normalized spacial score (nSPS) is 14.5. The highest BCUT2D eigenvalue weighted by molar-refractivity contribution is 6.18. The van der Waals surface area contributed by atoms with Crippen LogP contribution < -0.4 is 0 Å². The van der Waals surface area contributed by atoms with Crippen molar-refractivity contribution in [3.8, 4) is 0 Å². The Morgan fingerprint density at radius 1 is 2.00 bits per heavy atom. The first kappa shape index (κ1) is 6.25. The number of halogens is 1. The molecule has 0 aliphatic rings. The van der Waals surface area contributed by atoms with Gasteiger partial charge in [-0.3, -0.25) is 0 Å². The van der Waals surface area contributed by atoms with E-state index in [0.29, 0.717) is 5.88 Å². The predicted molar refractivity (Wildman–Crippen MR) is 26.9 cm³/mol. The lowest BCUT2D eigenvalue weighted by Crippen LogP contribution is -2.05. The van der Waals surface area contributed by atoms with Crippen LogP contribution in [0.4, 0.5) is 0 Å². The molecule has 0 rings (SSSR count). The molecule has 0 amide bonds. The van der Waals surface area contributed by atoms with E-state index in [1.807, 2.05) is 0 Å². The minimum absolute atomic E-state index is 0.0494. The summed E-state index contributed by atoms with van der Waals surface area (Å²) in [6.45, 7) is 3.52. The third-order valence-electron chi connectivity index (χ3n) is 0.505. The highest BCUT2D eigenvalue weighted by Gasteiger charge is 1.90. The van der Waals surface area contributed by atoms with Crippen molar-refractivity contribution in [2.75, 3.05) is 13.0 Å². The van der Waals surface area contributed by atoms with E-state index in [-0.39, 0.29) is 6.10 Å². The zero-order chi connectivity index (χ0) is 4.99. The van der Waals surface area contributed by atoms with Crippen LogP contribution in [-0.4, -0.2) is 19.1 Å². The summed E-state index contributed by atoms with van der Waals surface area (Å²) in [6.07, 6.45) is -0.0494. The van der Waals surface area contributed by atoms with E-state index in [4.69, 9.17) is 11.6 Å². The van der Waals surface area contributed by atoms with Gasteiger partial charge in [0.15, 0.2) is 0 Å². The number of hydrogen-bond acceptors (Lipinski definition) is 1. The molecule has 0 aliphatic heterocycles. The van der Waals surface area contributed by atoms with Crippen LogP contribution in [0.2, 0.25) is 0 Å². The van der Waals surface area contributed by atoms with E-state index in [2.05, 4.69) is 11.7 Å². The van der Waals surface area contributed by atoms with Crippen LogP contribution in [-0.2, 0) is 4.74 Å². The molecule has 37 valence electrons. The average molecular weight is 108 g/mol. The molecule has 0 aromatic heterocycles. The fraction of sp³-hybridized carbons (Fsp3) is 0.750. The van der Waals surface area contributed by atoms with Gasteiger partial charge in [0, 0.05) is 13.0 Å². The maximum Gasteiger partial charge on any atom is 0.0707 e. The fourth-order valence-electron chi connectivity index (χ4n) is 0.0630. The number of ether oxygens (including phenoxy) is 1. The summed E-state index contributed by atoms with van der Waals surface area (Å²) < 4.78 is 4.66. The summed E-state index contributed by atoms with van der Waals surface area (Å²) in [7, 11) is 1.58. The third kappa shape index (κ3) is 2.49. The first-order valence-electron chi connectivity index (χ1n) is 1.73. The predicted octanol–water partition coefficient (Wildman–Crippen LogP) is 1.07. The van der Waals surface area contributed by atoms with Crippen LogP contribution in [0.3, 0.4) is 0 Å². The monoisotopic (exact) mass is 107 g/mol. The second kappa shape index (κ2) is 3.44. The van der Waals surface area contributed by atoms with Gasteiger partial charge in [0.1, 0.15) is 0 Å². The molecule has 0 aliphatic carbocycles. The van der Waals surface area contributed by atoms with Crippen LogP contribution in [0.25, 0.3) is 0 Å². The minimum atomic E-state index is -0.0494. The Hall–Kier alpha value is 0.250. The molecule has 1 unspecified atom stereocenters. The van der Waals surface area contributed by atoms with Crippen LogP contribution in [0.15, 0.2) is 0 Å². The van der Waals surface area contributed by atoms with Crippen molar-refractivity contribution in [1.82, 2.24) is 0 Å². The van der Waals surface area contributed by atoms with Crippen molar-refractivity contribution in [1.29, 1.82) is 0 Å². The molecule has 0 saturated carbocycles. The largest absolute Gasteiger partial charge is 0.380 e. The molecule has 0 heterocycles. The SMILES string of the molecule is [CH2]C(CCl)OC. The van der Waals surface area contributed by atoms with Gasteiger partial charge in [0.2, 0.25) is 0 Å². The summed E-state index contributed by atoms with van der Waals surface area (Å²) in [4.78, 5) is 0. The van der Waals surface area contributed by atoms with Crippen molar-refractivity contribution in [2.24, 2.45) is 0 Å². The Kier molecular flexibility index (Phi) is 3.58. The summed E-state index contributed by atoms with van der Waals surface area (Å²) in [5.74, 6) is 0.469. The van der Waals surface area contributed by atoms with Crippen molar-refractivity contribution < 1.29 is 4.74 Å². The van der Waals surface area contributed by atoms with Crippen LogP contribution >= 0.6 is 11.6 Å². The van der Waals surface area contributed by atoms with E-state index < -0.39 is 0 Å². The molecule has 6 heavy (non-hydrogen) atoms. The van der Waals surface area contributed by atoms with Gasteiger partial charge in [-0.2, -0.15) is 0 Å². The van der Waals surface area contributed by atoms with Crippen molar-refractivity contribution in [3.63, 3.8) is 0 Å². The van der Waals surface area contributed by atoms with E-state index in [1.54, 1.807) is 7.11 Å². The maximum absolute atomic E-state index is 5.26. The molecule has 0 aromatic rings. The van der Waals surface area contributed by atoms with Gasteiger partial charge in [0.05, 0.1) is 6.10 Å². The summed E-state index contributed by atoms with van der Waals surface area (Å²) in [5.41, 5.74) is 0. The summed E-state index contributed by atoms with van der Waals surface area (Å²) >= 11 is 5.26. The molecule has 1 atom stereocenters. The molecule has 0 bridgehead atoms. The molecule has 1 radical (unpaired) electrons. The van der Waals surface area contributed by atoms with Gasteiger partial charge in [-0.25, -0.2) is 0 Å². The Morgan fingerprint density at radius 2 is 2.50 bits per heavy atom. The molecule has 1 nitrogen and oxygen atoms in total. The van der Waals surface area contributed by atoms with Gasteiger partial charge >= 0.3 is 0 Å². The lowest BCUT2D eigenvalue weighted by Gasteiger charge is -1.99. The zero-order valence-electron chi connectivity index (χ0n) is 3.78. The second-order valence-corrected chi connectivity index (χ2v) is 1.32. The topological polar surface area (TPSA) is 9.23 Å². The lowest BCUT2D eigenvalue weighted by molar-refractivity contribution is 0.157. The molecular weight excluding hydrogens is 99.5 g/mol. The number of methoxy groups -OCH3 is 1. The van der Waals surface area contributed by atoms with Crippen LogP contribution in [0.5, 0.6) is 0 Å². The van der Waals surface area contributed by atoms with Gasteiger partial charge < -0.3 is 4.74 Å². The highest BCUT2D eigenvalue weighted by atomic mass is 35.5. The van der Waals surface area contributed by atoms with Crippen LogP contribution in [0.1, 0.15) is 0 Å². The lowest BCUT2D eigenvalue weighted by atomic mass is 10.5. The Labute approximate surface area is 43.3 Å². The van der Waals surface area contributed by atoms with Gasteiger partial charge in [-0.15, -0.1) is 11.6 Å². The average Bonchev–Trinajstić information content (AvgIpc) is 1.65. The maximum atomic E-state index is 5.26. The number of alkyl halides is 1. The van der Waals surface area contributed by atoms with E-state index in [1.165, 1.54) is 0 Å². The molecule has 0 spiro atoms. The molecule has 0 aromatic carbocycles. The first-order valence-corrected chi connectivity index (χ1v) is 2.26.